The highest BCUT2D eigenvalue weighted by atomic mass is 32.2. The highest BCUT2D eigenvalue weighted by Gasteiger charge is 2.20. The Kier molecular flexibility index (Phi) is 8.08. The SMILES string of the molecule is CCc1ccccc1NC(=O)N(Cc1ccc(OS(=O)(=O)CC)cc1)C(C)CC. The van der Waals surface area contributed by atoms with E-state index < -0.39 is 10.1 Å². The monoisotopic (exact) mass is 418 g/mol. The molecule has 158 valence electrons. The second kappa shape index (κ2) is 10.3. The molecule has 0 saturated carbocycles. The third kappa shape index (κ3) is 6.49. The lowest BCUT2D eigenvalue weighted by Crippen LogP contribution is -2.40. The molecule has 1 N–H and O–H groups in total. The predicted molar refractivity (Wildman–Crippen MR) is 117 cm³/mol. The zero-order valence-electron chi connectivity index (χ0n) is 17.5. The highest BCUT2D eigenvalue weighted by molar-refractivity contribution is 7.87. The molecule has 0 fully saturated rings. The van der Waals surface area contributed by atoms with Crippen LogP contribution >= 0.6 is 0 Å². The molecule has 0 aliphatic rings. The first kappa shape index (κ1) is 22.7. The number of nitrogens with one attached hydrogen (secondary N) is 1. The first-order chi connectivity index (χ1) is 13.8. The van der Waals surface area contributed by atoms with E-state index in [1.165, 1.54) is 6.92 Å². The van der Waals surface area contributed by atoms with Gasteiger partial charge in [0.15, 0.2) is 0 Å². The summed E-state index contributed by atoms with van der Waals surface area (Å²) in [5.74, 6) is 0.183. The standard InChI is InChI=1S/C22H30N2O4S/c1-5-17(4)24(22(25)23-21-11-9-8-10-19(21)6-2)16-18-12-14-20(15-13-18)28-29(26,27)7-3/h8-15,17H,5-7,16H2,1-4H3,(H,23,25). The fourth-order valence-corrected chi connectivity index (χ4v) is 3.36. The quantitative estimate of drug-likeness (QED) is 0.593. The van der Waals surface area contributed by atoms with Gasteiger partial charge in [-0.3, -0.25) is 0 Å². The maximum atomic E-state index is 13.0. The van der Waals surface area contributed by atoms with Crippen LogP contribution in [-0.4, -0.2) is 31.1 Å². The average molecular weight is 419 g/mol. The van der Waals surface area contributed by atoms with Crippen LogP contribution in [-0.2, 0) is 23.1 Å². The number of amides is 2. The lowest BCUT2D eigenvalue weighted by atomic mass is 10.1. The van der Waals surface area contributed by atoms with Crippen LogP contribution in [0.15, 0.2) is 48.5 Å². The first-order valence-corrected chi connectivity index (χ1v) is 11.5. The van der Waals surface area contributed by atoms with Gasteiger partial charge in [-0.1, -0.05) is 44.2 Å². The predicted octanol–water partition coefficient (Wildman–Crippen LogP) is 4.81. The average Bonchev–Trinajstić information content (AvgIpc) is 2.72. The van der Waals surface area contributed by atoms with Gasteiger partial charge in [-0.05, 0) is 56.0 Å². The van der Waals surface area contributed by atoms with Gasteiger partial charge in [0.25, 0.3) is 0 Å². The summed E-state index contributed by atoms with van der Waals surface area (Å²) in [6, 6.07) is 14.5. The van der Waals surface area contributed by atoms with Gasteiger partial charge in [0, 0.05) is 18.3 Å². The van der Waals surface area contributed by atoms with Gasteiger partial charge in [-0.2, -0.15) is 8.42 Å². The molecule has 0 aliphatic heterocycles. The number of aryl methyl sites for hydroxylation is 1. The smallest absolute Gasteiger partial charge is 0.322 e. The maximum Gasteiger partial charge on any atom is 0.322 e. The van der Waals surface area contributed by atoms with Crippen molar-refractivity contribution in [2.45, 2.75) is 53.1 Å². The molecular formula is C22H30N2O4S. The number of hydrogen-bond donors (Lipinski definition) is 1. The van der Waals surface area contributed by atoms with Crippen LogP contribution in [0.1, 0.15) is 45.2 Å². The molecule has 0 aromatic heterocycles. The largest absolute Gasteiger partial charge is 0.382 e. The Morgan fingerprint density at radius 2 is 1.72 bits per heavy atom. The van der Waals surface area contributed by atoms with E-state index in [0.717, 1.165) is 29.7 Å². The molecule has 2 aromatic rings. The zero-order valence-corrected chi connectivity index (χ0v) is 18.3. The summed E-state index contributed by atoms with van der Waals surface area (Å²) in [6.45, 7) is 8.05. The van der Waals surface area contributed by atoms with E-state index in [1.54, 1.807) is 29.2 Å². The summed E-state index contributed by atoms with van der Waals surface area (Å²) in [6.07, 6.45) is 1.65. The van der Waals surface area contributed by atoms with E-state index >= 15 is 0 Å². The number of urea groups is 1. The number of benzene rings is 2. The van der Waals surface area contributed by atoms with Gasteiger partial charge in [0.2, 0.25) is 0 Å². The lowest BCUT2D eigenvalue weighted by molar-refractivity contribution is 0.187. The third-order valence-electron chi connectivity index (χ3n) is 4.88. The first-order valence-electron chi connectivity index (χ1n) is 9.96. The normalized spacial score (nSPS) is 12.3. The van der Waals surface area contributed by atoms with E-state index in [2.05, 4.69) is 12.2 Å². The summed E-state index contributed by atoms with van der Waals surface area (Å²) in [7, 11) is -3.56. The Balaban J connectivity index is 2.15. The van der Waals surface area contributed by atoms with Crippen molar-refractivity contribution in [1.29, 1.82) is 0 Å². The highest BCUT2D eigenvalue weighted by Crippen LogP contribution is 2.20. The number of carbonyl (C=O) groups excluding carboxylic acids is 1. The summed E-state index contributed by atoms with van der Waals surface area (Å²) in [4.78, 5) is 14.8. The fourth-order valence-electron chi connectivity index (χ4n) is 2.84. The molecule has 2 rings (SSSR count). The second-order valence-corrected chi connectivity index (χ2v) is 8.76. The van der Waals surface area contributed by atoms with E-state index in [9.17, 15) is 13.2 Å². The van der Waals surface area contributed by atoms with Crippen LogP contribution < -0.4 is 9.50 Å². The Bertz CT molecular complexity index is 911. The topological polar surface area (TPSA) is 75.7 Å². The molecule has 29 heavy (non-hydrogen) atoms. The number of rotatable bonds is 9. The molecule has 0 heterocycles. The zero-order chi connectivity index (χ0) is 21.4. The Morgan fingerprint density at radius 1 is 1.07 bits per heavy atom. The van der Waals surface area contributed by atoms with Crippen molar-refractivity contribution >= 4 is 21.8 Å². The van der Waals surface area contributed by atoms with Gasteiger partial charge in [-0.15, -0.1) is 0 Å². The second-order valence-electron chi connectivity index (χ2n) is 6.90. The molecule has 1 atom stereocenters. The molecule has 2 aromatic carbocycles. The molecule has 0 aliphatic carbocycles. The Morgan fingerprint density at radius 3 is 2.31 bits per heavy atom. The molecule has 6 nitrogen and oxygen atoms in total. The number of hydrogen-bond acceptors (Lipinski definition) is 4. The molecule has 0 saturated heterocycles. The molecule has 7 heteroatoms. The summed E-state index contributed by atoms with van der Waals surface area (Å²) < 4.78 is 28.2. The van der Waals surface area contributed by atoms with Crippen LogP contribution in [0.4, 0.5) is 10.5 Å². The fraction of sp³-hybridized carbons (Fsp3) is 0.409. The molecule has 0 bridgehead atoms. The Labute approximate surface area is 174 Å². The van der Waals surface area contributed by atoms with Crippen LogP contribution in [0.25, 0.3) is 0 Å². The van der Waals surface area contributed by atoms with Crippen LogP contribution in [0.2, 0.25) is 0 Å². The number of nitrogens with zero attached hydrogens (tertiary/aromatic N) is 1. The number of carbonyl (C=O) groups is 1. The molecule has 0 radical (unpaired) electrons. The minimum Gasteiger partial charge on any atom is -0.382 e. The molecule has 2 amide bonds. The summed E-state index contributed by atoms with van der Waals surface area (Å²) in [5.41, 5.74) is 2.80. The summed E-state index contributed by atoms with van der Waals surface area (Å²) in [5, 5.41) is 3.03. The van der Waals surface area contributed by atoms with Gasteiger partial charge < -0.3 is 14.4 Å². The van der Waals surface area contributed by atoms with Crippen LogP contribution in [0, 0.1) is 0 Å². The third-order valence-corrected chi connectivity index (χ3v) is 6.03. The van der Waals surface area contributed by atoms with E-state index in [0.29, 0.717) is 6.54 Å². The van der Waals surface area contributed by atoms with Crippen molar-refractivity contribution in [3.05, 3.63) is 59.7 Å². The molecular weight excluding hydrogens is 388 g/mol. The number of anilines is 1. The molecule has 0 spiro atoms. The van der Waals surface area contributed by atoms with E-state index in [4.69, 9.17) is 4.18 Å². The van der Waals surface area contributed by atoms with Crippen molar-refractivity contribution in [3.8, 4) is 5.75 Å². The number of para-hydroxylation sites is 1. The van der Waals surface area contributed by atoms with Crippen LogP contribution in [0.3, 0.4) is 0 Å². The minimum absolute atomic E-state index is 0.0418. The van der Waals surface area contributed by atoms with Gasteiger partial charge in [0.05, 0.1) is 5.75 Å². The Hall–Kier alpha value is -2.54. The van der Waals surface area contributed by atoms with Gasteiger partial charge in [-0.25, -0.2) is 4.79 Å². The van der Waals surface area contributed by atoms with Crippen molar-refractivity contribution in [2.75, 3.05) is 11.1 Å². The van der Waals surface area contributed by atoms with Crippen molar-refractivity contribution in [2.24, 2.45) is 0 Å². The van der Waals surface area contributed by atoms with Crippen molar-refractivity contribution < 1.29 is 17.4 Å². The molecule has 1 unspecified atom stereocenters. The van der Waals surface area contributed by atoms with Crippen LogP contribution in [0.5, 0.6) is 5.75 Å². The van der Waals surface area contributed by atoms with E-state index in [1.807, 2.05) is 38.1 Å². The lowest BCUT2D eigenvalue weighted by Gasteiger charge is -2.29. The summed E-state index contributed by atoms with van der Waals surface area (Å²) >= 11 is 0. The van der Waals surface area contributed by atoms with Crippen molar-refractivity contribution in [1.82, 2.24) is 4.90 Å². The minimum atomic E-state index is -3.56. The van der Waals surface area contributed by atoms with Gasteiger partial charge >= 0.3 is 16.1 Å². The van der Waals surface area contributed by atoms with Crippen molar-refractivity contribution in [3.63, 3.8) is 0 Å². The van der Waals surface area contributed by atoms with Gasteiger partial charge in [0.1, 0.15) is 5.75 Å². The van der Waals surface area contributed by atoms with E-state index in [-0.39, 0.29) is 23.6 Å². The maximum absolute atomic E-state index is 13.0.